The second kappa shape index (κ2) is 6.52. The molecule has 1 saturated heterocycles. The van der Waals surface area contributed by atoms with Crippen molar-refractivity contribution in [1.29, 1.82) is 0 Å². The van der Waals surface area contributed by atoms with E-state index in [0.717, 1.165) is 0 Å². The molecule has 0 aliphatic carbocycles. The van der Waals surface area contributed by atoms with Crippen molar-refractivity contribution in [2.75, 3.05) is 30.0 Å². The maximum Gasteiger partial charge on any atom is 0.332 e. The summed E-state index contributed by atoms with van der Waals surface area (Å²) in [5.41, 5.74) is -0.134. The molecule has 0 aromatic carbocycles. The largest absolute Gasteiger partial charge is 0.395 e. The molecule has 0 unspecified atom stereocenters. The Labute approximate surface area is 140 Å². The van der Waals surface area contributed by atoms with Crippen LogP contribution in [0, 0.1) is 0 Å². The third-order valence-corrected chi connectivity index (χ3v) is 5.65. The lowest BCUT2D eigenvalue weighted by atomic mass is 10.3. The average Bonchev–Trinajstić information content (AvgIpc) is 2.91. The summed E-state index contributed by atoms with van der Waals surface area (Å²) in [7, 11) is 0.694. The molecule has 1 aliphatic heterocycles. The standard InChI is InChI=1S/C14H21N5O4S/c1-3-5-18-12(21)10-11(17(2)14(18)22)16-13(15-4-6-20)19(10)9-7-24(23)8-9/h9,20H,3-8H2,1-2H3,(H,15,16). The highest BCUT2D eigenvalue weighted by molar-refractivity contribution is 7.86. The van der Waals surface area contributed by atoms with E-state index in [-0.39, 0.29) is 24.8 Å². The topological polar surface area (TPSA) is 111 Å². The minimum Gasteiger partial charge on any atom is -0.395 e. The van der Waals surface area contributed by atoms with Gasteiger partial charge in [0.1, 0.15) is 0 Å². The van der Waals surface area contributed by atoms with E-state index in [1.165, 1.54) is 9.13 Å². The molecule has 1 aliphatic rings. The fraction of sp³-hybridized carbons (Fsp3) is 0.643. The van der Waals surface area contributed by atoms with Crippen molar-refractivity contribution >= 4 is 27.9 Å². The normalized spacial score (nSPS) is 20.3. The zero-order valence-corrected chi connectivity index (χ0v) is 14.5. The van der Waals surface area contributed by atoms with Gasteiger partial charge in [-0.15, -0.1) is 0 Å². The van der Waals surface area contributed by atoms with Gasteiger partial charge in [-0.1, -0.05) is 6.92 Å². The van der Waals surface area contributed by atoms with Crippen LogP contribution in [0.4, 0.5) is 5.95 Å². The first-order chi connectivity index (χ1) is 11.5. The highest BCUT2D eigenvalue weighted by Crippen LogP contribution is 2.28. The van der Waals surface area contributed by atoms with Crippen LogP contribution >= 0.6 is 0 Å². The Hall–Kier alpha value is -1.94. The van der Waals surface area contributed by atoms with Gasteiger partial charge in [-0.2, -0.15) is 4.98 Å². The Morgan fingerprint density at radius 2 is 2.08 bits per heavy atom. The van der Waals surface area contributed by atoms with Gasteiger partial charge in [0.15, 0.2) is 11.2 Å². The maximum atomic E-state index is 12.9. The first-order valence-corrected chi connectivity index (χ1v) is 9.39. The molecule has 0 bridgehead atoms. The molecule has 3 rings (SSSR count). The number of nitrogens with one attached hydrogen (secondary N) is 1. The van der Waals surface area contributed by atoms with Gasteiger partial charge >= 0.3 is 5.69 Å². The summed E-state index contributed by atoms with van der Waals surface area (Å²) >= 11 is 0. The van der Waals surface area contributed by atoms with Crippen LogP contribution in [0.25, 0.3) is 11.2 Å². The van der Waals surface area contributed by atoms with Gasteiger partial charge in [-0.3, -0.25) is 22.7 Å². The first-order valence-electron chi connectivity index (χ1n) is 7.91. The number of aliphatic hydroxyl groups is 1. The molecule has 2 aromatic heterocycles. The van der Waals surface area contributed by atoms with E-state index in [1.54, 1.807) is 11.6 Å². The highest BCUT2D eigenvalue weighted by Gasteiger charge is 2.32. The number of imidazole rings is 1. The van der Waals surface area contributed by atoms with Gasteiger partial charge in [-0.05, 0) is 6.42 Å². The van der Waals surface area contributed by atoms with E-state index < -0.39 is 16.5 Å². The van der Waals surface area contributed by atoms with Crippen molar-refractivity contribution in [1.82, 2.24) is 18.7 Å². The van der Waals surface area contributed by atoms with Crippen LogP contribution in [0.3, 0.4) is 0 Å². The summed E-state index contributed by atoms with van der Waals surface area (Å²) < 4.78 is 15.8. The molecule has 3 heterocycles. The molecule has 0 spiro atoms. The van der Waals surface area contributed by atoms with Crippen molar-refractivity contribution in [2.24, 2.45) is 7.05 Å². The number of anilines is 1. The zero-order chi connectivity index (χ0) is 17.4. The fourth-order valence-electron chi connectivity index (χ4n) is 2.94. The van der Waals surface area contributed by atoms with Crippen LogP contribution in [-0.2, 0) is 24.4 Å². The van der Waals surface area contributed by atoms with Gasteiger partial charge in [0.2, 0.25) is 5.95 Å². The van der Waals surface area contributed by atoms with Crippen molar-refractivity contribution in [3.63, 3.8) is 0 Å². The molecule has 1 fully saturated rings. The molecule has 0 amide bonds. The summed E-state index contributed by atoms with van der Waals surface area (Å²) in [6.07, 6.45) is 0.665. The summed E-state index contributed by atoms with van der Waals surface area (Å²) in [6, 6.07) is -0.0997. The Balaban J connectivity index is 2.29. The monoisotopic (exact) mass is 355 g/mol. The lowest BCUT2D eigenvalue weighted by Crippen LogP contribution is -2.41. The van der Waals surface area contributed by atoms with Gasteiger partial charge in [0.05, 0.1) is 12.6 Å². The predicted molar refractivity (Wildman–Crippen MR) is 92.0 cm³/mol. The summed E-state index contributed by atoms with van der Waals surface area (Å²) in [4.78, 5) is 29.7. The minimum atomic E-state index is -0.892. The van der Waals surface area contributed by atoms with Crippen molar-refractivity contribution in [3.05, 3.63) is 20.8 Å². The summed E-state index contributed by atoms with van der Waals surface area (Å²) in [6.45, 7) is 2.42. The summed E-state index contributed by atoms with van der Waals surface area (Å²) in [5.74, 6) is 1.33. The van der Waals surface area contributed by atoms with E-state index in [9.17, 15) is 13.8 Å². The Bertz CT molecular complexity index is 904. The minimum absolute atomic E-state index is 0.0845. The van der Waals surface area contributed by atoms with E-state index >= 15 is 0 Å². The summed E-state index contributed by atoms with van der Waals surface area (Å²) in [5, 5.41) is 12.0. The van der Waals surface area contributed by atoms with Crippen molar-refractivity contribution < 1.29 is 9.32 Å². The Morgan fingerprint density at radius 3 is 2.67 bits per heavy atom. The van der Waals surface area contributed by atoms with Crippen molar-refractivity contribution in [2.45, 2.75) is 25.9 Å². The zero-order valence-electron chi connectivity index (χ0n) is 13.7. The van der Waals surface area contributed by atoms with Gasteiger partial charge in [0.25, 0.3) is 5.56 Å². The molecule has 9 nitrogen and oxygen atoms in total. The fourth-order valence-corrected chi connectivity index (χ4v) is 4.00. The van der Waals surface area contributed by atoms with Crippen LogP contribution in [0.1, 0.15) is 19.4 Å². The SMILES string of the molecule is CCCn1c(=O)c2c(nc(NCCO)n2C2CS(=O)C2)n(C)c1=O. The predicted octanol–water partition coefficient (Wildman–Crippen LogP) is -0.986. The number of aliphatic hydroxyl groups excluding tert-OH is 1. The van der Waals surface area contributed by atoms with Crippen LogP contribution < -0.4 is 16.6 Å². The third kappa shape index (κ3) is 2.59. The number of aromatic nitrogens is 4. The first kappa shape index (κ1) is 16.9. The Kier molecular flexibility index (Phi) is 4.59. The molecule has 24 heavy (non-hydrogen) atoms. The molecule has 2 N–H and O–H groups in total. The molecule has 2 aromatic rings. The second-order valence-electron chi connectivity index (χ2n) is 5.85. The lowest BCUT2D eigenvalue weighted by molar-refractivity contribution is 0.310. The highest BCUT2D eigenvalue weighted by atomic mass is 32.2. The molecule has 10 heteroatoms. The number of rotatable bonds is 6. The second-order valence-corrected chi connectivity index (χ2v) is 7.40. The maximum absolute atomic E-state index is 12.9. The van der Waals surface area contributed by atoms with Crippen LogP contribution in [-0.4, -0.2) is 52.7 Å². The molecular weight excluding hydrogens is 334 g/mol. The number of hydrogen-bond acceptors (Lipinski definition) is 6. The van der Waals surface area contributed by atoms with Crippen molar-refractivity contribution in [3.8, 4) is 0 Å². The third-order valence-electron chi connectivity index (χ3n) is 4.14. The molecule has 0 atom stereocenters. The molecule has 132 valence electrons. The van der Waals surface area contributed by atoms with E-state index in [2.05, 4.69) is 10.3 Å². The Morgan fingerprint density at radius 1 is 1.38 bits per heavy atom. The van der Waals surface area contributed by atoms with Crippen LogP contribution in [0.15, 0.2) is 9.59 Å². The van der Waals surface area contributed by atoms with E-state index in [1.807, 2.05) is 6.92 Å². The van der Waals surface area contributed by atoms with Gasteiger partial charge in [0, 0.05) is 42.4 Å². The van der Waals surface area contributed by atoms with Crippen LogP contribution in [0.2, 0.25) is 0 Å². The molecule has 0 radical (unpaired) electrons. The number of hydrogen-bond donors (Lipinski definition) is 2. The van der Waals surface area contributed by atoms with Gasteiger partial charge in [-0.25, -0.2) is 4.79 Å². The number of nitrogens with zero attached hydrogens (tertiary/aromatic N) is 4. The average molecular weight is 355 g/mol. The number of fused-ring (bicyclic) bond motifs is 1. The lowest BCUT2D eigenvalue weighted by Gasteiger charge is -2.28. The van der Waals surface area contributed by atoms with Crippen LogP contribution in [0.5, 0.6) is 0 Å². The van der Waals surface area contributed by atoms with E-state index in [0.29, 0.717) is 41.6 Å². The molecule has 0 saturated carbocycles. The smallest absolute Gasteiger partial charge is 0.332 e. The number of aryl methyl sites for hydroxylation is 1. The van der Waals surface area contributed by atoms with Gasteiger partial charge < -0.3 is 10.4 Å². The quantitative estimate of drug-likeness (QED) is 0.689. The van der Waals surface area contributed by atoms with E-state index in [4.69, 9.17) is 5.11 Å². The molecular formula is C14H21N5O4S.